The van der Waals surface area contributed by atoms with Crippen LogP contribution in [0.25, 0.3) is 0 Å². The van der Waals surface area contributed by atoms with Crippen molar-refractivity contribution in [1.29, 1.82) is 0 Å². The van der Waals surface area contributed by atoms with E-state index in [0.29, 0.717) is 5.69 Å². The van der Waals surface area contributed by atoms with E-state index in [1.54, 1.807) is 17.5 Å². The molecule has 1 aromatic heterocycles. The van der Waals surface area contributed by atoms with Crippen LogP contribution in [0.5, 0.6) is 0 Å². The maximum Gasteiger partial charge on any atom is 0.266 e. The number of aromatic nitrogens is 1. The lowest BCUT2D eigenvalue weighted by molar-refractivity contribution is -0.126. The minimum atomic E-state index is -0.953. The zero-order valence-corrected chi connectivity index (χ0v) is 15.2. The Balaban J connectivity index is 1.58. The summed E-state index contributed by atoms with van der Waals surface area (Å²) in [7, 11) is 0. The van der Waals surface area contributed by atoms with Crippen LogP contribution < -0.4 is 9.96 Å². The number of hydroxylamine groups is 1. The molecule has 2 saturated heterocycles. The van der Waals surface area contributed by atoms with Gasteiger partial charge in [-0.1, -0.05) is 18.2 Å². The predicted molar refractivity (Wildman–Crippen MR) is 103 cm³/mol. The number of imide groups is 1. The van der Waals surface area contributed by atoms with Gasteiger partial charge in [0, 0.05) is 12.4 Å². The third-order valence-corrected chi connectivity index (χ3v) is 5.26. The molecule has 144 valence electrons. The summed E-state index contributed by atoms with van der Waals surface area (Å²) < 4.78 is 13.3. The van der Waals surface area contributed by atoms with E-state index in [2.05, 4.69) is 4.98 Å². The molecule has 29 heavy (non-hydrogen) atoms. The van der Waals surface area contributed by atoms with E-state index in [9.17, 15) is 14.0 Å². The molecule has 0 saturated carbocycles. The van der Waals surface area contributed by atoms with Gasteiger partial charge in [0.05, 0.1) is 17.4 Å². The van der Waals surface area contributed by atoms with E-state index in [1.807, 2.05) is 42.5 Å². The molecule has 3 heterocycles. The first kappa shape index (κ1) is 17.5. The summed E-state index contributed by atoms with van der Waals surface area (Å²) in [6, 6.07) is 17.8. The van der Waals surface area contributed by atoms with Gasteiger partial charge in [0.25, 0.3) is 5.91 Å². The highest BCUT2D eigenvalue weighted by molar-refractivity contribution is 6.23. The summed E-state index contributed by atoms with van der Waals surface area (Å²) >= 11 is 0. The van der Waals surface area contributed by atoms with Crippen LogP contribution in [0.4, 0.5) is 15.8 Å². The van der Waals surface area contributed by atoms with E-state index in [4.69, 9.17) is 4.84 Å². The second-order valence-electron chi connectivity index (χ2n) is 6.93. The molecule has 2 fully saturated rings. The average Bonchev–Trinajstić information content (AvgIpc) is 3.27. The smallest absolute Gasteiger partial charge is 0.266 e. The zero-order valence-electron chi connectivity index (χ0n) is 15.2. The molecule has 3 atom stereocenters. The fraction of sp³-hybridized carbons (Fsp3) is 0.136. The maximum atomic E-state index is 13.3. The summed E-state index contributed by atoms with van der Waals surface area (Å²) in [5.41, 5.74) is 1.90. The molecular weight excluding hydrogens is 373 g/mol. The number of hydrogen-bond donors (Lipinski definition) is 0. The molecule has 2 aromatic carbocycles. The lowest BCUT2D eigenvalue weighted by Gasteiger charge is -2.28. The van der Waals surface area contributed by atoms with Gasteiger partial charge < -0.3 is 0 Å². The number of nitrogens with zero attached hydrogens (tertiary/aromatic N) is 3. The monoisotopic (exact) mass is 389 g/mol. The van der Waals surface area contributed by atoms with Crippen LogP contribution in [0.3, 0.4) is 0 Å². The number of carbonyl (C=O) groups excluding carboxylic acids is 2. The first-order valence-electron chi connectivity index (χ1n) is 9.19. The van der Waals surface area contributed by atoms with Gasteiger partial charge >= 0.3 is 0 Å². The molecule has 0 bridgehead atoms. The van der Waals surface area contributed by atoms with E-state index in [-0.39, 0.29) is 5.91 Å². The molecule has 2 amide bonds. The number of amides is 2. The summed E-state index contributed by atoms with van der Waals surface area (Å²) in [5.74, 6) is -1.99. The topological polar surface area (TPSA) is 62.7 Å². The third-order valence-electron chi connectivity index (χ3n) is 5.26. The Morgan fingerprint density at radius 2 is 1.52 bits per heavy atom. The average molecular weight is 389 g/mol. The SMILES string of the molecule is O=C1C2ON(c3ccccc3)C(c3ccncc3)C2C(=O)N1c1ccc(F)cc1. The van der Waals surface area contributed by atoms with E-state index < -0.39 is 29.8 Å². The highest BCUT2D eigenvalue weighted by Gasteiger charge is 2.60. The fourth-order valence-corrected chi connectivity index (χ4v) is 3.96. The number of benzene rings is 2. The van der Waals surface area contributed by atoms with Crippen LogP contribution in [0.2, 0.25) is 0 Å². The standard InChI is InChI=1S/C22H16FN3O3/c23-15-6-8-16(9-7-15)25-21(27)18-19(14-10-12-24-13-11-14)26(29-20(18)22(25)28)17-4-2-1-3-5-17/h1-13,18-20H. The summed E-state index contributed by atoms with van der Waals surface area (Å²) in [5, 5.41) is 1.63. The second-order valence-corrected chi connectivity index (χ2v) is 6.93. The second kappa shape index (κ2) is 6.79. The van der Waals surface area contributed by atoms with Crippen molar-refractivity contribution in [2.75, 3.05) is 9.96 Å². The van der Waals surface area contributed by atoms with E-state index in [1.165, 1.54) is 24.3 Å². The first-order chi connectivity index (χ1) is 14.1. The molecule has 3 aromatic rings. The van der Waals surface area contributed by atoms with Crippen molar-refractivity contribution in [3.8, 4) is 0 Å². The Labute approximate surface area is 166 Å². The Kier molecular flexibility index (Phi) is 4.10. The number of anilines is 2. The van der Waals surface area contributed by atoms with Crippen LogP contribution >= 0.6 is 0 Å². The maximum absolute atomic E-state index is 13.3. The van der Waals surface area contributed by atoms with Crippen molar-refractivity contribution < 1.29 is 18.8 Å². The highest BCUT2D eigenvalue weighted by Crippen LogP contribution is 2.47. The number of halogens is 1. The van der Waals surface area contributed by atoms with Gasteiger partial charge in [0.15, 0.2) is 6.10 Å². The van der Waals surface area contributed by atoms with Gasteiger partial charge in [-0.15, -0.1) is 0 Å². The molecule has 2 aliphatic heterocycles. The van der Waals surface area contributed by atoms with Crippen molar-refractivity contribution in [2.24, 2.45) is 5.92 Å². The van der Waals surface area contributed by atoms with E-state index >= 15 is 0 Å². The van der Waals surface area contributed by atoms with Gasteiger partial charge in [0.2, 0.25) is 5.91 Å². The molecule has 3 unspecified atom stereocenters. The normalized spacial score (nSPS) is 23.6. The molecule has 7 heteroatoms. The molecule has 5 rings (SSSR count). The highest BCUT2D eigenvalue weighted by atomic mass is 19.1. The van der Waals surface area contributed by atoms with Gasteiger partial charge in [-0.25, -0.2) is 14.4 Å². The number of rotatable bonds is 3. The van der Waals surface area contributed by atoms with Crippen molar-refractivity contribution in [1.82, 2.24) is 4.98 Å². The minimum absolute atomic E-state index is 0.333. The molecule has 0 radical (unpaired) electrons. The van der Waals surface area contributed by atoms with Crippen molar-refractivity contribution in [2.45, 2.75) is 12.1 Å². The number of carbonyl (C=O) groups is 2. The molecule has 0 spiro atoms. The number of hydrogen-bond acceptors (Lipinski definition) is 5. The van der Waals surface area contributed by atoms with Gasteiger partial charge in [-0.2, -0.15) is 0 Å². The van der Waals surface area contributed by atoms with Crippen LogP contribution in [0.15, 0.2) is 79.1 Å². The Morgan fingerprint density at radius 3 is 2.21 bits per heavy atom. The van der Waals surface area contributed by atoms with Crippen LogP contribution in [0.1, 0.15) is 11.6 Å². The minimum Gasteiger partial charge on any atom is -0.273 e. The first-order valence-corrected chi connectivity index (χ1v) is 9.19. The predicted octanol–water partition coefficient (Wildman–Crippen LogP) is 3.27. The number of pyridine rings is 1. The fourth-order valence-electron chi connectivity index (χ4n) is 3.96. The summed E-state index contributed by atoms with van der Waals surface area (Å²) in [4.78, 5) is 37.6. The summed E-state index contributed by atoms with van der Waals surface area (Å²) in [6.45, 7) is 0. The van der Waals surface area contributed by atoms with Crippen LogP contribution in [0, 0.1) is 11.7 Å². The zero-order chi connectivity index (χ0) is 20.0. The van der Waals surface area contributed by atoms with Crippen LogP contribution in [-0.4, -0.2) is 22.9 Å². The summed E-state index contributed by atoms with van der Waals surface area (Å²) in [6.07, 6.45) is 2.33. The van der Waals surface area contributed by atoms with Crippen LogP contribution in [-0.2, 0) is 14.4 Å². The van der Waals surface area contributed by atoms with Gasteiger partial charge in [0.1, 0.15) is 11.7 Å². The van der Waals surface area contributed by atoms with Crippen molar-refractivity contribution in [3.05, 3.63) is 90.5 Å². The Hall–Kier alpha value is -3.58. The molecule has 6 nitrogen and oxygen atoms in total. The largest absolute Gasteiger partial charge is 0.273 e. The quantitative estimate of drug-likeness (QED) is 0.644. The van der Waals surface area contributed by atoms with Crippen molar-refractivity contribution in [3.63, 3.8) is 0 Å². The molecular formula is C22H16FN3O3. The lowest BCUT2D eigenvalue weighted by Crippen LogP contribution is -2.37. The third kappa shape index (κ3) is 2.78. The van der Waals surface area contributed by atoms with Gasteiger partial charge in [-0.3, -0.25) is 19.4 Å². The Bertz CT molecular complexity index is 1060. The van der Waals surface area contributed by atoms with E-state index in [0.717, 1.165) is 16.2 Å². The number of fused-ring (bicyclic) bond motifs is 1. The molecule has 2 aliphatic rings. The van der Waals surface area contributed by atoms with Crippen molar-refractivity contribution >= 4 is 23.2 Å². The Morgan fingerprint density at radius 1 is 0.828 bits per heavy atom. The lowest BCUT2D eigenvalue weighted by atomic mass is 9.91. The molecule has 0 N–H and O–H groups in total. The van der Waals surface area contributed by atoms with Gasteiger partial charge in [-0.05, 0) is 54.1 Å². The number of para-hydroxylation sites is 1. The molecule has 0 aliphatic carbocycles.